The van der Waals surface area contributed by atoms with Crippen molar-refractivity contribution in [2.45, 2.75) is 38.9 Å². The third kappa shape index (κ3) is 3.30. The molecule has 1 fully saturated rings. The number of hydrogen-bond acceptors (Lipinski definition) is 6. The van der Waals surface area contributed by atoms with Crippen LogP contribution in [0.5, 0.6) is 5.75 Å². The molecule has 5 rings (SSSR count). The van der Waals surface area contributed by atoms with Crippen LogP contribution in [0.1, 0.15) is 20.8 Å². The second kappa shape index (κ2) is 7.78. The summed E-state index contributed by atoms with van der Waals surface area (Å²) in [6, 6.07) is 11.0. The van der Waals surface area contributed by atoms with Gasteiger partial charge in [-0.2, -0.15) is 5.10 Å². The number of amides is 1. The van der Waals surface area contributed by atoms with E-state index in [0.29, 0.717) is 23.2 Å². The first-order valence-electron chi connectivity index (χ1n) is 11.0. The average Bonchev–Trinajstić information content (AvgIpc) is 2.78. The first-order chi connectivity index (χ1) is 15.3. The van der Waals surface area contributed by atoms with Gasteiger partial charge in [-0.15, -0.1) is 0 Å². The molecule has 3 aliphatic rings. The van der Waals surface area contributed by atoms with Gasteiger partial charge in [0, 0.05) is 42.0 Å². The zero-order valence-corrected chi connectivity index (χ0v) is 18.8. The van der Waals surface area contributed by atoms with Crippen molar-refractivity contribution in [2.24, 2.45) is 5.10 Å². The van der Waals surface area contributed by atoms with Crippen molar-refractivity contribution in [3.05, 3.63) is 42.2 Å². The molecule has 3 atom stereocenters. The topological polar surface area (TPSA) is 60.4 Å². The first-order valence-corrected chi connectivity index (χ1v) is 11.0. The lowest BCUT2D eigenvalue weighted by Gasteiger charge is -2.45. The van der Waals surface area contributed by atoms with E-state index in [1.807, 2.05) is 30.0 Å². The van der Waals surface area contributed by atoms with E-state index < -0.39 is 6.04 Å². The lowest BCUT2D eigenvalue weighted by Crippen LogP contribution is -2.56. The number of carbonyl (C=O) groups is 1. The number of nitrogens with one attached hydrogen (secondary N) is 1. The smallest absolute Gasteiger partial charge is 0.262 e. The lowest BCUT2D eigenvalue weighted by atomic mass is 9.97. The molecule has 0 radical (unpaired) electrons. The van der Waals surface area contributed by atoms with E-state index in [0.717, 1.165) is 30.0 Å². The molecule has 0 aliphatic carbocycles. The number of carbonyl (C=O) groups excluding carboxylic acids is 1. The molecule has 3 heterocycles. The summed E-state index contributed by atoms with van der Waals surface area (Å²) in [5, 5.41) is 4.19. The van der Waals surface area contributed by atoms with E-state index in [1.165, 1.54) is 6.07 Å². The van der Waals surface area contributed by atoms with Crippen LogP contribution in [-0.4, -0.2) is 61.5 Å². The molecular formula is C24H28FN5O2. The maximum absolute atomic E-state index is 14.9. The van der Waals surface area contributed by atoms with Gasteiger partial charge in [0.1, 0.15) is 24.2 Å². The average molecular weight is 438 g/mol. The Hall–Kier alpha value is -3.13. The third-order valence-electron chi connectivity index (χ3n) is 6.80. The van der Waals surface area contributed by atoms with Crippen molar-refractivity contribution in [1.29, 1.82) is 0 Å². The predicted molar refractivity (Wildman–Crippen MR) is 124 cm³/mol. The van der Waals surface area contributed by atoms with Crippen LogP contribution in [0.25, 0.3) is 11.1 Å². The Labute approximate surface area is 187 Å². The summed E-state index contributed by atoms with van der Waals surface area (Å²) in [5.74, 6) is 0.853. The summed E-state index contributed by atoms with van der Waals surface area (Å²) in [6.07, 6.45) is 0. The number of likely N-dealkylation sites (N-methyl/N-ethyl adjacent to an activating group) is 1. The number of nitrogens with zero attached hydrogens (tertiary/aromatic N) is 4. The van der Waals surface area contributed by atoms with Crippen LogP contribution in [0, 0.1) is 5.82 Å². The molecule has 168 valence electrons. The SMILES string of the molecule is C[C@@H]1CN(C)[C@@H](C)CN1c1cc2c(cc1-c1ccccc1F)OCC1=NNC(=O)[C@@H](C)N12. The van der Waals surface area contributed by atoms with Crippen molar-refractivity contribution in [3.8, 4) is 16.9 Å². The van der Waals surface area contributed by atoms with Crippen molar-refractivity contribution in [3.63, 3.8) is 0 Å². The molecule has 0 spiro atoms. The van der Waals surface area contributed by atoms with Gasteiger partial charge in [0.25, 0.3) is 5.91 Å². The molecular weight excluding hydrogens is 409 g/mol. The molecule has 0 saturated carbocycles. The minimum absolute atomic E-state index is 0.164. The number of rotatable bonds is 2. The van der Waals surface area contributed by atoms with E-state index in [2.05, 4.69) is 41.2 Å². The van der Waals surface area contributed by atoms with Gasteiger partial charge < -0.3 is 14.5 Å². The van der Waals surface area contributed by atoms with Gasteiger partial charge >= 0.3 is 0 Å². The van der Waals surface area contributed by atoms with Crippen LogP contribution in [-0.2, 0) is 4.79 Å². The van der Waals surface area contributed by atoms with E-state index in [-0.39, 0.29) is 24.4 Å². The van der Waals surface area contributed by atoms with Gasteiger partial charge in [0.15, 0.2) is 5.84 Å². The molecule has 0 unspecified atom stereocenters. The molecule has 2 aromatic rings. The molecule has 8 heteroatoms. The number of piperazine rings is 1. The Balaban J connectivity index is 1.70. The lowest BCUT2D eigenvalue weighted by molar-refractivity contribution is -0.122. The second-order valence-electron chi connectivity index (χ2n) is 8.95. The maximum atomic E-state index is 14.9. The van der Waals surface area contributed by atoms with Crippen molar-refractivity contribution in [2.75, 3.05) is 36.5 Å². The van der Waals surface area contributed by atoms with E-state index in [1.54, 1.807) is 12.1 Å². The van der Waals surface area contributed by atoms with Gasteiger partial charge in [-0.1, -0.05) is 18.2 Å². The fraction of sp³-hybridized carbons (Fsp3) is 0.417. The zero-order chi connectivity index (χ0) is 22.6. The quantitative estimate of drug-likeness (QED) is 0.783. The molecule has 0 aromatic heterocycles. The van der Waals surface area contributed by atoms with Crippen LogP contribution in [0.15, 0.2) is 41.5 Å². The maximum Gasteiger partial charge on any atom is 0.262 e. The summed E-state index contributed by atoms with van der Waals surface area (Å²) in [6.45, 7) is 8.20. The highest BCUT2D eigenvalue weighted by molar-refractivity contribution is 6.10. The fourth-order valence-corrected chi connectivity index (χ4v) is 4.83. The number of hydrazone groups is 1. The van der Waals surface area contributed by atoms with Gasteiger partial charge in [0.05, 0.1) is 5.69 Å². The van der Waals surface area contributed by atoms with E-state index in [4.69, 9.17) is 4.74 Å². The Morgan fingerprint density at radius 3 is 2.62 bits per heavy atom. The first kappa shape index (κ1) is 20.8. The largest absolute Gasteiger partial charge is 0.483 e. The number of anilines is 2. The predicted octanol–water partition coefficient (Wildman–Crippen LogP) is 3.05. The second-order valence-corrected chi connectivity index (χ2v) is 8.95. The molecule has 2 aromatic carbocycles. The zero-order valence-electron chi connectivity index (χ0n) is 18.8. The number of fused-ring (bicyclic) bond motifs is 3. The van der Waals surface area contributed by atoms with Gasteiger partial charge in [0.2, 0.25) is 0 Å². The summed E-state index contributed by atoms with van der Waals surface area (Å²) >= 11 is 0. The van der Waals surface area contributed by atoms with Crippen molar-refractivity contribution in [1.82, 2.24) is 10.3 Å². The highest BCUT2D eigenvalue weighted by Crippen LogP contribution is 2.45. The van der Waals surface area contributed by atoms with Gasteiger partial charge in [-0.25, -0.2) is 9.82 Å². The van der Waals surface area contributed by atoms with Crippen LogP contribution >= 0.6 is 0 Å². The third-order valence-corrected chi connectivity index (χ3v) is 6.80. The van der Waals surface area contributed by atoms with Crippen LogP contribution in [0.4, 0.5) is 15.8 Å². The monoisotopic (exact) mass is 437 g/mol. The minimum atomic E-state index is -0.416. The number of amidine groups is 1. The Morgan fingerprint density at radius 2 is 1.84 bits per heavy atom. The molecule has 7 nitrogen and oxygen atoms in total. The Bertz CT molecular complexity index is 1100. The highest BCUT2D eigenvalue weighted by atomic mass is 19.1. The standard InChI is InChI=1S/C24H28FN5O2/c1-14-12-29(15(2)11-28(14)4)20-10-21-22(9-18(20)17-7-5-6-8-19(17)25)32-13-23-26-27-24(31)16(3)30(21)23/h5-10,14-16H,11-13H2,1-4H3,(H,27,31)/t14-,15+,16+/m0/s1. The van der Waals surface area contributed by atoms with Gasteiger partial charge in [-0.05, 0) is 46.0 Å². The number of benzene rings is 2. The number of halogens is 1. The van der Waals surface area contributed by atoms with Crippen molar-refractivity contribution < 1.29 is 13.9 Å². The Morgan fingerprint density at radius 1 is 1.06 bits per heavy atom. The molecule has 1 saturated heterocycles. The Kier molecular flexibility index (Phi) is 5.04. The molecule has 3 aliphatic heterocycles. The number of ether oxygens (including phenoxy) is 1. The van der Waals surface area contributed by atoms with Gasteiger partial charge in [-0.3, -0.25) is 9.69 Å². The van der Waals surface area contributed by atoms with E-state index >= 15 is 0 Å². The summed E-state index contributed by atoms with van der Waals surface area (Å²) in [7, 11) is 2.13. The molecule has 32 heavy (non-hydrogen) atoms. The van der Waals surface area contributed by atoms with Crippen LogP contribution in [0.2, 0.25) is 0 Å². The normalized spacial score (nSPS) is 25.5. The minimum Gasteiger partial charge on any atom is -0.483 e. The highest BCUT2D eigenvalue weighted by Gasteiger charge is 2.37. The van der Waals surface area contributed by atoms with E-state index in [9.17, 15) is 9.18 Å². The summed E-state index contributed by atoms with van der Waals surface area (Å²) < 4.78 is 20.9. The van der Waals surface area contributed by atoms with Crippen molar-refractivity contribution >= 4 is 23.1 Å². The molecule has 1 amide bonds. The summed E-state index contributed by atoms with van der Waals surface area (Å²) in [4.78, 5) is 19.0. The van der Waals surface area contributed by atoms with Crippen LogP contribution in [0.3, 0.4) is 0 Å². The fourth-order valence-electron chi connectivity index (χ4n) is 4.83. The number of hydrogen-bond donors (Lipinski definition) is 1. The van der Waals surface area contributed by atoms with Crippen LogP contribution < -0.4 is 20.0 Å². The molecule has 1 N–H and O–H groups in total. The molecule has 0 bridgehead atoms. The summed E-state index contributed by atoms with van der Waals surface area (Å²) in [5.41, 5.74) is 5.61.